The summed E-state index contributed by atoms with van der Waals surface area (Å²) in [5.41, 5.74) is 1.22. The molecule has 3 aromatic rings. The third kappa shape index (κ3) is 4.78. The van der Waals surface area contributed by atoms with Gasteiger partial charge in [0.1, 0.15) is 17.2 Å². The largest absolute Gasteiger partial charge is 0.497 e. The number of hydrogen-bond acceptors (Lipinski definition) is 5. The molecule has 150 valence electrons. The molecule has 1 amide bonds. The number of carbonyl (C=O) groups is 1. The molecular weight excluding hydrogens is 368 g/mol. The maximum atomic E-state index is 12.3. The second-order valence-electron chi connectivity index (χ2n) is 6.97. The summed E-state index contributed by atoms with van der Waals surface area (Å²) in [4.78, 5) is 16.5. The summed E-state index contributed by atoms with van der Waals surface area (Å²) < 4.78 is 16.3. The normalized spacial score (nSPS) is 14.6. The first-order valence-corrected chi connectivity index (χ1v) is 9.67. The highest BCUT2D eigenvalue weighted by Crippen LogP contribution is 2.25. The molecule has 1 aliphatic rings. The first-order chi connectivity index (χ1) is 14.2. The molecule has 2 aromatic carbocycles. The minimum absolute atomic E-state index is 0.0336. The van der Waals surface area contributed by atoms with Crippen molar-refractivity contribution in [2.45, 2.75) is 6.54 Å². The summed E-state index contributed by atoms with van der Waals surface area (Å²) in [7, 11) is 1.64. The molecule has 1 aliphatic heterocycles. The van der Waals surface area contributed by atoms with Gasteiger partial charge in [-0.05, 0) is 42.0 Å². The predicted octanol–water partition coefficient (Wildman–Crippen LogP) is 4.04. The number of furan rings is 1. The standard InChI is InChI=1S/C23H24N2O4/c1-27-20-4-2-5-21(16-20)29-19-9-7-18(8-10-19)17-24-11-13-25(14-12-24)23(26)22-6-3-15-28-22/h2-10,15-16H,11-14,17H2,1H3. The highest BCUT2D eigenvalue weighted by atomic mass is 16.5. The molecule has 6 nitrogen and oxygen atoms in total. The molecule has 0 N–H and O–H groups in total. The zero-order chi connectivity index (χ0) is 20.1. The van der Waals surface area contributed by atoms with Crippen molar-refractivity contribution in [1.29, 1.82) is 0 Å². The van der Waals surface area contributed by atoms with Crippen molar-refractivity contribution >= 4 is 5.91 Å². The Morgan fingerprint density at radius 1 is 0.931 bits per heavy atom. The van der Waals surface area contributed by atoms with Crippen molar-refractivity contribution in [2.75, 3.05) is 33.3 Å². The lowest BCUT2D eigenvalue weighted by atomic mass is 10.2. The van der Waals surface area contributed by atoms with Gasteiger partial charge in [-0.2, -0.15) is 0 Å². The van der Waals surface area contributed by atoms with E-state index in [1.807, 2.05) is 41.3 Å². The summed E-state index contributed by atoms with van der Waals surface area (Å²) in [6.45, 7) is 3.94. The molecule has 1 fully saturated rings. The molecule has 0 radical (unpaired) electrons. The number of nitrogens with zero attached hydrogens (tertiary/aromatic N) is 2. The van der Waals surface area contributed by atoms with Crippen LogP contribution in [0.1, 0.15) is 16.1 Å². The summed E-state index contributed by atoms with van der Waals surface area (Å²) in [5, 5.41) is 0. The number of hydrogen-bond donors (Lipinski definition) is 0. The number of benzene rings is 2. The average Bonchev–Trinajstić information content (AvgIpc) is 3.30. The zero-order valence-corrected chi connectivity index (χ0v) is 16.4. The fraction of sp³-hybridized carbons (Fsp3) is 0.261. The molecule has 1 saturated heterocycles. The average molecular weight is 392 g/mol. The van der Waals surface area contributed by atoms with Crippen LogP contribution < -0.4 is 9.47 Å². The number of ether oxygens (including phenoxy) is 2. The molecule has 0 aliphatic carbocycles. The van der Waals surface area contributed by atoms with Crippen LogP contribution in [0.4, 0.5) is 0 Å². The van der Waals surface area contributed by atoms with Crippen LogP contribution in [-0.4, -0.2) is 49.0 Å². The number of carbonyl (C=O) groups excluding carboxylic acids is 1. The van der Waals surface area contributed by atoms with Gasteiger partial charge in [0, 0.05) is 38.8 Å². The first kappa shape index (κ1) is 19.1. The lowest BCUT2D eigenvalue weighted by Crippen LogP contribution is -2.48. The molecule has 4 rings (SSSR count). The van der Waals surface area contributed by atoms with E-state index in [2.05, 4.69) is 17.0 Å². The molecule has 0 spiro atoms. The van der Waals surface area contributed by atoms with E-state index in [1.165, 1.54) is 11.8 Å². The molecule has 1 aromatic heterocycles. The number of piperazine rings is 1. The molecule has 2 heterocycles. The minimum atomic E-state index is -0.0336. The Morgan fingerprint density at radius 3 is 2.38 bits per heavy atom. The second-order valence-corrected chi connectivity index (χ2v) is 6.97. The number of methoxy groups -OCH3 is 1. The van der Waals surface area contributed by atoms with Crippen LogP contribution in [0.15, 0.2) is 71.3 Å². The predicted molar refractivity (Wildman–Crippen MR) is 109 cm³/mol. The van der Waals surface area contributed by atoms with Crippen molar-refractivity contribution in [3.05, 3.63) is 78.3 Å². The molecule has 6 heteroatoms. The Bertz CT molecular complexity index is 930. The second kappa shape index (κ2) is 8.84. The Balaban J connectivity index is 1.29. The van der Waals surface area contributed by atoms with Gasteiger partial charge in [0.05, 0.1) is 13.4 Å². The van der Waals surface area contributed by atoms with E-state index in [1.54, 1.807) is 19.2 Å². The molecule has 0 unspecified atom stereocenters. The third-order valence-corrected chi connectivity index (χ3v) is 5.00. The van der Waals surface area contributed by atoms with Gasteiger partial charge in [-0.1, -0.05) is 18.2 Å². The van der Waals surface area contributed by atoms with Gasteiger partial charge in [-0.15, -0.1) is 0 Å². The highest BCUT2D eigenvalue weighted by Gasteiger charge is 2.23. The topological polar surface area (TPSA) is 55.2 Å². The summed E-state index contributed by atoms with van der Waals surface area (Å²) in [5.74, 6) is 2.67. The van der Waals surface area contributed by atoms with Crippen molar-refractivity contribution in [3.63, 3.8) is 0 Å². The van der Waals surface area contributed by atoms with Crippen molar-refractivity contribution < 1.29 is 18.7 Å². The van der Waals surface area contributed by atoms with E-state index in [0.29, 0.717) is 18.8 Å². The van der Waals surface area contributed by atoms with E-state index < -0.39 is 0 Å². The van der Waals surface area contributed by atoms with Crippen molar-refractivity contribution in [3.8, 4) is 17.2 Å². The highest BCUT2D eigenvalue weighted by molar-refractivity contribution is 5.91. The third-order valence-electron chi connectivity index (χ3n) is 5.00. The summed E-state index contributed by atoms with van der Waals surface area (Å²) in [6.07, 6.45) is 1.53. The van der Waals surface area contributed by atoms with Gasteiger partial charge in [0.2, 0.25) is 0 Å². The van der Waals surface area contributed by atoms with Crippen molar-refractivity contribution in [2.24, 2.45) is 0 Å². The molecule has 0 bridgehead atoms. The Hall–Kier alpha value is -3.25. The van der Waals surface area contributed by atoms with E-state index in [-0.39, 0.29) is 5.91 Å². The van der Waals surface area contributed by atoms with Gasteiger partial charge in [0.25, 0.3) is 5.91 Å². The van der Waals surface area contributed by atoms with Crippen LogP contribution in [0.5, 0.6) is 17.2 Å². The fourth-order valence-electron chi connectivity index (χ4n) is 3.39. The van der Waals surface area contributed by atoms with Crippen LogP contribution >= 0.6 is 0 Å². The lowest BCUT2D eigenvalue weighted by molar-refractivity contribution is 0.0598. The number of rotatable bonds is 6. The van der Waals surface area contributed by atoms with E-state index in [9.17, 15) is 4.79 Å². The van der Waals surface area contributed by atoms with Crippen LogP contribution in [0.2, 0.25) is 0 Å². The molecular formula is C23H24N2O4. The summed E-state index contributed by atoms with van der Waals surface area (Å²) >= 11 is 0. The Kier molecular flexibility index (Phi) is 5.81. The van der Waals surface area contributed by atoms with Crippen molar-refractivity contribution in [1.82, 2.24) is 9.80 Å². The lowest BCUT2D eigenvalue weighted by Gasteiger charge is -2.34. The minimum Gasteiger partial charge on any atom is -0.497 e. The maximum Gasteiger partial charge on any atom is 0.289 e. The van der Waals surface area contributed by atoms with E-state index >= 15 is 0 Å². The van der Waals surface area contributed by atoms with Crippen LogP contribution in [-0.2, 0) is 6.54 Å². The maximum absolute atomic E-state index is 12.3. The Morgan fingerprint density at radius 2 is 1.69 bits per heavy atom. The summed E-state index contributed by atoms with van der Waals surface area (Å²) in [6, 6.07) is 19.1. The van der Waals surface area contributed by atoms with Crippen LogP contribution in [0.25, 0.3) is 0 Å². The fourth-order valence-corrected chi connectivity index (χ4v) is 3.39. The monoisotopic (exact) mass is 392 g/mol. The molecule has 0 saturated carbocycles. The first-order valence-electron chi connectivity index (χ1n) is 9.67. The van der Waals surface area contributed by atoms with E-state index in [4.69, 9.17) is 13.9 Å². The number of amides is 1. The van der Waals surface area contributed by atoms with Crippen LogP contribution in [0, 0.1) is 0 Å². The van der Waals surface area contributed by atoms with Gasteiger partial charge in [-0.25, -0.2) is 0 Å². The van der Waals surface area contributed by atoms with Gasteiger partial charge >= 0.3 is 0 Å². The van der Waals surface area contributed by atoms with E-state index in [0.717, 1.165) is 36.9 Å². The smallest absolute Gasteiger partial charge is 0.289 e. The zero-order valence-electron chi connectivity index (χ0n) is 16.4. The van der Waals surface area contributed by atoms with Gasteiger partial charge < -0.3 is 18.8 Å². The van der Waals surface area contributed by atoms with Gasteiger partial charge in [0.15, 0.2) is 5.76 Å². The Labute approximate surface area is 170 Å². The quantitative estimate of drug-likeness (QED) is 0.634. The molecule has 29 heavy (non-hydrogen) atoms. The van der Waals surface area contributed by atoms with Gasteiger partial charge in [-0.3, -0.25) is 9.69 Å². The SMILES string of the molecule is COc1cccc(Oc2ccc(CN3CCN(C(=O)c4ccco4)CC3)cc2)c1. The molecule has 0 atom stereocenters. The van der Waals surface area contributed by atoms with Crippen LogP contribution in [0.3, 0.4) is 0 Å².